The molecule has 0 spiro atoms. The molecule has 316 valence electrons. The molecule has 0 aromatic heterocycles. The van der Waals surface area contributed by atoms with Crippen molar-refractivity contribution < 1.29 is 98.4 Å². The summed E-state index contributed by atoms with van der Waals surface area (Å²) in [6.45, 7) is -1.05. The van der Waals surface area contributed by atoms with Crippen LogP contribution >= 0.6 is 0 Å². The summed E-state index contributed by atoms with van der Waals surface area (Å²) in [4.78, 5) is 52.0. The molecule has 0 aliphatic carbocycles. The number of nitrogens with zero attached hydrogens (tertiary/aromatic N) is 1. The molecular weight excluding hydrogens is 744 g/mol. The molecule has 0 aromatic carbocycles. The minimum absolute atomic E-state index is 0.0198. The van der Waals surface area contributed by atoms with Crippen molar-refractivity contribution in [3.8, 4) is 0 Å². The van der Waals surface area contributed by atoms with Crippen LogP contribution in [0.2, 0.25) is 0 Å². The lowest BCUT2D eigenvalue weighted by molar-refractivity contribution is -0.376. The number of hydroxylamine groups is 2. The van der Waals surface area contributed by atoms with E-state index in [1.165, 1.54) is 6.92 Å². The van der Waals surface area contributed by atoms with Crippen LogP contribution in [-0.2, 0) is 52.4 Å². The lowest BCUT2D eigenvalue weighted by Gasteiger charge is -2.48. The second-order valence-electron chi connectivity index (χ2n) is 13.8. The van der Waals surface area contributed by atoms with Crippen LogP contribution in [0, 0.1) is 0 Å². The first kappa shape index (κ1) is 45.2. The summed E-state index contributed by atoms with van der Waals surface area (Å²) in [6.07, 6.45) is -19.0. The zero-order chi connectivity index (χ0) is 40.4. The number of amides is 3. The Morgan fingerprint density at radius 1 is 0.655 bits per heavy atom. The molecule has 3 amide bonds. The van der Waals surface area contributed by atoms with E-state index in [2.05, 4.69) is 5.32 Å². The van der Waals surface area contributed by atoms with Gasteiger partial charge in [-0.2, -0.15) is 0 Å². The summed E-state index contributed by atoms with van der Waals surface area (Å²) in [5.41, 5.74) is 0. The van der Waals surface area contributed by atoms with Gasteiger partial charge in [-0.3, -0.25) is 14.4 Å². The Morgan fingerprint density at radius 2 is 1.18 bits per heavy atom. The van der Waals surface area contributed by atoms with E-state index in [9.17, 15) is 65.1 Å². The molecule has 9 unspecified atom stereocenters. The maximum absolute atomic E-state index is 12.1. The van der Waals surface area contributed by atoms with E-state index >= 15 is 0 Å². The minimum Gasteiger partial charge on any atom is -0.394 e. The molecule has 0 radical (unpaired) electrons. The Bertz CT molecular complexity index is 1250. The smallest absolute Gasteiger partial charge is 0.333 e. The standard InChI is InChI=1S/C33H54N2O20/c1-15(39)34-22-25(45)29(53-33-28(48)30(24(44)17(13-37)51-33)54-32-27(47)26(46)23(43)16(12-36)50-32)18(14-38)52-31(22)49-11-7-5-3-2-4-6-8-21(42)55-35-19(40)9-10-20(35)41/h16-18,22-33,36-38,43-48H,2-14H2,1H3,(H,34,39)/t16?,17?,18?,22?,23-,24-,25?,26?,27?,28?,29+,30?,31+,32+,33-/m0/s1. The molecule has 4 heterocycles. The maximum Gasteiger partial charge on any atom is 0.333 e. The number of carbonyl (C=O) groups excluding carboxylic acids is 4. The van der Waals surface area contributed by atoms with E-state index in [4.69, 9.17) is 33.3 Å². The van der Waals surface area contributed by atoms with Gasteiger partial charge in [0.05, 0.1) is 19.8 Å². The summed E-state index contributed by atoms with van der Waals surface area (Å²) in [7, 11) is 0. The highest BCUT2D eigenvalue weighted by atomic mass is 16.8. The van der Waals surface area contributed by atoms with Crippen molar-refractivity contribution in [2.24, 2.45) is 0 Å². The summed E-state index contributed by atoms with van der Waals surface area (Å²) in [5.74, 6) is -2.31. The van der Waals surface area contributed by atoms with E-state index in [0.29, 0.717) is 30.7 Å². The fourth-order valence-electron chi connectivity index (χ4n) is 6.66. The average molecular weight is 799 g/mol. The van der Waals surface area contributed by atoms with Gasteiger partial charge in [0.15, 0.2) is 18.9 Å². The van der Waals surface area contributed by atoms with Crippen LogP contribution in [0.25, 0.3) is 0 Å². The number of nitrogens with one attached hydrogen (secondary N) is 1. The van der Waals surface area contributed by atoms with E-state index in [1.54, 1.807) is 0 Å². The zero-order valence-corrected chi connectivity index (χ0v) is 30.3. The topological polar surface area (TPSA) is 330 Å². The van der Waals surface area contributed by atoms with Crippen LogP contribution in [0.15, 0.2) is 0 Å². The molecule has 10 N–H and O–H groups in total. The number of unbranched alkanes of at least 4 members (excludes halogenated alkanes) is 5. The molecule has 4 fully saturated rings. The molecule has 15 atom stereocenters. The summed E-state index contributed by atoms with van der Waals surface area (Å²) < 4.78 is 34.0. The van der Waals surface area contributed by atoms with Crippen molar-refractivity contribution in [2.75, 3.05) is 26.4 Å². The first-order valence-corrected chi connectivity index (χ1v) is 18.4. The second kappa shape index (κ2) is 21.3. The molecule has 22 nitrogen and oxygen atoms in total. The third-order valence-corrected chi connectivity index (χ3v) is 9.73. The van der Waals surface area contributed by atoms with Crippen molar-refractivity contribution >= 4 is 23.7 Å². The van der Waals surface area contributed by atoms with Crippen LogP contribution in [0.5, 0.6) is 0 Å². The van der Waals surface area contributed by atoms with E-state index in [0.717, 1.165) is 12.8 Å². The molecule has 4 aliphatic heterocycles. The van der Waals surface area contributed by atoms with Crippen molar-refractivity contribution in [3.05, 3.63) is 0 Å². The number of hydrogen-bond donors (Lipinski definition) is 10. The summed E-state index contributed by atoms with van der Waals surface area (Å²) in [5, 5.41) is 96.7. The predicted molar refractivity (Wildman–Crippen MR) is 176 cm³/mol. The lowest BCUT2D eigenvalue weighted by Crippen LogP contribution is -2.68. The highest BCUT2D eigenvalue weighted by molar-refractivity contribution is 6.01. The monoisotopic (exact) mass is 798 g/mol. The van der Waals surface area contributed by atoms with Crippen LogP contribution in [0.4, 0.5) is 0 Å². The molecule has 0 saturated carbocycles. The molecule has 22 heteroatoms. The molecule has 55 heavy (non-hydrogen) atoms. The van der Waals surface area contributed by atoms with Crippen molar-refractivity contribution in [3.63, 3.8) is 0 Å². The Labute approximate surface area is 315 Å². The SMILES string of the molecule is CC(=O)NC1C(O)[C@H](O[C@@H]2OC(CO)[C@H](O)C(O[C@H]3OC(CO)[C@H](O)C(O)C3O)C2O)C(CO)O[C@H]1OCCCCCCCCC(=O)ON1C(=O)CCC1=O. The zero-order valence-electron chi connectivity index (χ0n) is 30.3. The number of ether oxygens (including phenoxy) is 6. The molecule has 4 rings (SSSR count). The Balaban J connectivity index is 1.28. The number of rotatable bonds is 19. The Hall–Kier alpha value is -2.52. The molecule has 4 aliphatic rings. The van der Waals surface area contributed by atoms with Gasteiger partial charge in [0.2, 0.25) is 5.91 Å². The first-order chi connectivity index (χ1) is 26.2. The third kappa shape index (κ3) is 11.5. The van der Waals surface area contributed by atoms with Gasteiger partial charge in [-0.1, -0.05) is 25.7 Å². The summed E-state index contributed by atoms with van der Waals surface area (Å²) >= 11 is 0. The highest BCUT2D eigenvalue weighted by Gasteiger charge is 2.54. The van der Waals surface area contributed by atoms with Gasteiger partial charge in [0.25, 0.3) is 11.8 Å². The number of aliphatic hydroxyl groups is 9. The van der Waals surface area contributed by atoms with Gasteiger partial charge in [0, 0.05) is 32.8 Å². The fourth-order valence-corrected chi connectivity index (χ4v) is 6.66. The highest BCUT2D eigenvalue weighted by Crippen LogP contribution is 2.33. The van der Waals surface area contributed by atoms with Gasteiger partial charge in [-0.15, -0.1) is 5.06 Å². The van der Waals surface area contributed by atoms with Crippen molar-refractivity contribution in [2.45, 2.75) is 157 Å². The van der Waals surface area contributed by atoms with Crippen LogP contribution < -0.4 is 5.32 Å². The number of carbonyl (C=O) groups is 4. The van der Waals surface area contributed by atoms with Crippen LogP contribution in [0.3, 0.4) is 0 Å². The Kier molecular flexibility index (Phi) is 17.5. The van der Waals surface area contributed by atoms with Gasteiger partial charge in [-0.05, 0) is 12.8 Å². The van der Waals surface area contributed by atoms with E-state index in [1.807, 2.05) is 0 Å². The van der Waals surface area contributed by atoms with E-state index < -0.39 is 136 Å². The Morgan fingerprint density at radius 3 is 1.78 bits per heavy atom. The third-order valence-electron chi connectivity index (χ3n) is 9.73. The number of hydrogen-bond acceptors (Lipinski definition) is 20. The number of aliphatic hydroxyl groups excluding tert-OH is 9. The average Bonchev–Trinajstić information content (AvgIpc) is 3.47. The first-order valence-electron chi connectivity index (χ1n) is 18.4. The van der Waals surface area contributed by atoms with Crippen molar-refractivity contribution in [1.29, 1.82) is 0 Å². The van der Waals surface area contributed by atoms with Gasteiger partial charge < -0.3 is 84.5 Å². The van der Waals surface area contributed by atoms with Gasteiger partial charge >= 0.3 is 5.97 Å². The molecule has 4 saturated heterocycles. The quantitative estimate of drug-likeness (QED) is 0.0432. The normalized spacial score (nSPS) is 38.3. The molecule has 0 aromatic rings. The number of imide groups is 1. The van der Waals surface area contributed by atoms with Crippen molar-refractivity contribution in [1.82, 2.24) is 10.4 Å². The van der Waals surface area contributed by atoms with Gasteiger partial charge in [-0.25, -0.2) is 4.79 Å². The molecular formula is C33H54N2O20. The molecule has 0 bridgehead atoms. The lowest BCUT2D eigenvalue weighted by atomic mass is 9.95. The summed E-state index contributed by atoms with van der Waals surface area (Å²) in [6, 6.07) is -1.25. The predicted octanol–water partition coefficient (Wildman–Crippen LogP) is -5.07. The van der Waals surface area contributed by atoms with Crippen LogP contribution in [-0.4, -0.2) is 193 Å². The fraction of sp³-hybridized carbons (Fsp3) is 0.879. The minimum atomic E-state index is -1.94. The van der Waals surface area contributed by atoms with Crippen LogP contribution in [0.1, 0.15) is 64.7 Å². The largest absolute Gasteiger partial charge is 0.394 e. The maximum atomic E-state index is 12.1. The van der Waals surface area contributed by atoms with Gasteiger partial charge in [0.1, 0.15) is 73.2 Å². The second-order valence-corrected chi connectivity index (χ2v) is 13.8. The van der Waals surface area contributed by atoms with E-state index in [-0.39, 0.29) is 25.9 Å².